The molecule has 0 radical (unpaired) electrons. The molecule has 0 unspecified atom stereocenters. The number of aryl methyl sites for hydroxylation is 2. The molecule has 0 atom stereocenters. The molecule has 1 amide bonds. The summed E-state index contributed by atoms with van der Waals surface area (Å²) in [4.78, 5) is 13.4. The molecule has 0 fully saturated rings. The number of thiophene rings is 1. The summed E-state index contributed by atoms with van der Waals surface area (Å²) in [6.45, 7) is 3.84. The Morgan fingerprint density at radius 1 is 1.30 bits per heavy atom. The van der Waals surface area contributed by atoms with E-state index in [0.29, 0.717) is 5.56 Å². The van der Waals surface area contributed by atoms with Crippen molar-refractivity contribution in [2.75, 3.05) is 5.32 Å². The van der Waals surface area contributed by atoms with Gasteiger partial charge in [-0.3, -0.25) is 4.79 Å². The van der Waals surface area contributed by atoms with Crippen molar-refractivity contribution in [2.24, 2.45) is 0 Å². The summed E-state index contributed by atoms with van der Waals surface area (Å²) in [5.41, 5.74) is 3.49. The van der Waals surface area contributed by atoms with Crippen molar-refractivity contribution >= 4 is 34.7 Å². The van der Waals surface area contributed by atoms with Crippen molar-refractivity contribution in [3.05, 3.63) is 63.7 Å². The Kier molecular flexibility index (Phi) is 4.83. The lowest BCUT2D eigenvalue weighted by Crippen LogP contribution is -2.12. The Morgan fingerprint density at radius 3 is 2.83 bits per heavy atom. The number of hydrogen-bond acceptors (Lipinski definition) is 5. The van der Waals surface area contributed by atoms with Gasteiger partial charge >= 0.3 is 0 Å². The zero-order valence-electron chi connectivity index (χ0n) is 12.8. The summed E-state index contributed by atoms with van der Waals surface area (Å²) in [6, 6.07) is 9.52. The largest absolute Gasteiger partial charge is 0.361 e. The standard InChI is InChI=1S/C17H16N2O2S2/c1-11-15(12(2)21-19-11)10-23-16-6-4-3-5-14(16)17(20)18-13-7-8-22-9-13/h3-9H,10H2,1-2H3,(H,18,20). The number of carbonyl (C=O) groups is 1. The average Bonchev–Trinajstić information content (AvgIpc) is 3.16. The van der Waals surface area contributed by atoms with E-state index in [2.05, 4.69) is 10.5 Å². The molecule has 0 saturated heterocycles. The number of hydrogen-bond donors (Lipinski definition) is 1. The van der Waals surface area contributed by atoms with Crippen molar-refractivity contribution in [3.63, 3.8) is 0 Å². The number of benzene rings is 1. The molecular formula is C17H16N2O2S2. The van der Waals surface area contributed by atoms with Crippen LogP contribution in [0.1, 0.15) is 27.4 Å². The first kappa shape index (κ1) is 15.8. The predicted molar refractivity (Wildman–Crippen MR) is 94.3 cm³/mol. The first-order chi connectivity index (χ1) is 11.1. The third-order valence-corrected chi connectivity index (χ3v) is 5.25. The first-order valence-corrected chi connectivity index (χ1v) is 9.05. The summed E-state index contributed by atoms with van der Waals surface area (Å²) >= 11 is 3.17. The molecule has 0 saturated carbocycles. The van der Waals surface area contributed by atoms with E-state index in [4.69, 9.17) is 4.52 Å². The van der Waals surface area contributed by atoms with Gasteiger partial charge in [0.2, 0.25) is 0 Å². The number of thioether (sulfide) groups is 1. The Morgan fingerprint density at radius 2 is 2.13 bits per heavy atom. The van der Waals surface area contributed by atoms with Crippen molar-refractivity contribution in [2.45, 2.75) is 24.5 Å². The van der Waals surface area contributed by atoms with E-state index < -0.39 is 0 Å². The molecule has 23 heavy (non-hydrogen) atoms. The predicted octanol–water partition coefficient (Wildman–Crippen LogP) is 4.90. The zero-order valence-corrected chi connectivity index (χ0v) is 14.5. The number of aromatic nitrogens is 1. The molecule has 4 nitrogen and oxygen atoms in total. The quantitative estimate of drug-likeness (QED) is 0.669. The van der Waals surface area contributed by atoms with Crippen molar-refractivity contribution in [1.82, 2.24) is 5.16 Å². The van der Waals surface area contributed by atoms with Crippen LogP contribution in [0, 0.1) is 13.8 Å². The summed E-state index contributed by atoms with van der Waals surface area (Å²) < 4.78 is 5.19. The molecule has 2 aromatic heterocycles. The summed E-state index contributed by atoms with van der Waals surface area (Å²) in [5.74, 6) is 1.46. The Bertz CT molecular complexity index is 790. The Labute approximate surface area is 142 Å². The Hall–Kier alpha value is -2.05. The fraction of sp³-hybridized carbons (Fsp3) is 0.176. The highest BCUT2D eigenvalue weighted by molar-refractivity contribution is 7.98. The van der Waals surface area contributed by atoms with Crippen molar-refractivity contribution in [1.29, 1.82) is 0 Å². The molecule has 0 aliphatic heterocycles. The maximum Gasteiger partial charge on any atom is 0.256 e. The maximum atomic E-state index is 12.5. The topological polar surface area (TPSA) is 55.1 Å². The van der Waals surface area contributed by atoms with Gasteiger partial charge in [0.15, 0.2) is 0 Å². The fourth-order valence-electron chi connectivity index (χ4n) is 2.17. The van der Waals surface area contributed by atoms with Crippen LogP contribution < -0.4 is 5.32 Å². The lowest BCUT2D eigenvalue weighted by Gasteiger charge is -2.09. The molecule has 3 rings (SSSR count). The fourth-order valence-corrected chi connectivity index (χ4v) is 3.96. The number of carbonyl (C=O) groups excluding carboxylic acids is 1. The number of rotatable bonds is 5. The molecular weight excluding hydrogens is 328 g/mol. The number of nitrogens with one attached hydrogen (secondary N) is 1. The van der Waals surface area contributed by atoms with Crippen LogP contribution in [0.15, 0.2) is 50.5 Å². The van der Waals surface area contributed by atoms with Crippen LogP contribution >= 0.6 is 23.1 Å². The average molecular weight is 344 g/mol. The van der Waals surface area contributed by atoms with E-state index in [-0.39, 0.29) is 5.91 Å². The molecule has 0 bridgehead atoms. The number of amides is 1. The molecule has 1 N–H and O–H groups in total. The van der Waals surface area contributed by atoms with Gasteiger partial charge in [0.25, 0.3) is 5.91 Å². The summed E-state index contributed by atoms with van der Waals surface area (Å²) in [6.07, 6.45) is 0. The second-order valence-corrected chi connectivity index (χ2v) is 6.85. The van der Waals surface area contributed by atoms with E-state index in [9.17, 15) is 4.79 Å². The highest BCUT2D eigenvalue weighted by atomic mass is 32.2. The molecule has 3 aromatic rings. The van der Waals surface area contributed by atoms with Gasteiger partial charge < -0.3 is 9.84 Å². The van der Waals surface area contributed by atoms with E-state index in [1.807, 2.05) is 54.9 Å². The smallest absolute Gasteiger partial charge is 0.256 e. The van der Waals surface area contributed by atoms with Gasteiger partial charge in [-0.2, -0.15) is 11.3 Å². The van der Waals surface area contributed by atoms with E-state index in [1.54, 1.807) is 23.1 Å². The van der Waals surface area contributed by atoms with Gasteiger partial charge in [-0.25, -0.2) is 0 Å². The highest BCUT2D eigenvalue weighted by Crippen LogP contribution is 2.29. The van der Waals surface area contributed by atoms with E-state index in [1.165, 1.54) is 0 Å². The van der Waals surface area contributed by atoms with Gasteiger partial charge in [0.05, 0.1) is 16.9 Å². The van der Waals surface area contributed by atoms with Crippen LogP contribution in [0.3, 0.4) is 0 Å². The van der Waals surface area contributed by atoms with Gasteiger partial charge in [-0.05, 0) is 37.4 Å². The van der Waals surface area contributed by atoms with Gasteiger partial charge in [0.1, 0.15) is 5.76 Å². The van der Waals surface area contributed by atoms with Crippen LogP contribution in [0.4, 0.5) is 5.69 Å². The third-order valence-electron chi connectivity index (χ3n) is 3.46. The molecule has 118 valence electrons. The van der Waals surface area contributed by atoms with Crippen LogP contribution in [-0.2, 0) is 5.75 Å². The lowest BCUT2D eigenvalue weighted by molar-refractivity contribution is 0.102. The lowest BCUT2D eigenvalue weighted by atomic mass is 10.2. The zero-order chi connectivity index (χ0) is 16.2. The minimum Gasteiger partial charge on any atom is -0.361 e. The molecule has 0 aliphatic carbocycles. The van der Waals surface area contributed by atoms with Gasteiger partial charge in [-0.15, -0.1) is 11.8 Å². The minimum absolute atomic E-state index is 0.0923. The Balaban J connectivity index is 1.76. The summed E-state index contributed by atoms with van der Waals surface area (Å²) in [5, 5.41) is 10.7. The number of nitrogens with zero attached hydrogens (tertiary/aromatic N) is 1. The monoisotopic (exact) mass is 344 g/mol. The molecule has 0 spiro atoms. The van der Waals surface area contributed by atoms with Crippen LogP contribution in [0.2, 0.25) is 0 Å². The van der Waals surface area contributed by atoms with Crippen molar-refractivity contribution < 1.29 is 9.32 Å². The second-order valence-electron chi connectivity index (χ2n) is 5.05. The molecule has 1 aromatic carbocycles. The van der Waals surface area contributed by atoms with Crippen LogP contribution in [-0.4, -0.2) is 11.1 Å². The molecule has 6 heteroatoms. The number of anilines is 1. The van der Waals surface area contributed by atoms with Gasteiger partial charge in [0, 0.05) is 21.6 Å². The SMILES string of the molecule is Cc1noc(C)c1CSc1ccccc1C(=O)Nc1ccsc1. The summed E-state index contributed by atoms with van der Waals surface area (Å²) in [7, 11) is 0. The minimum atomic E-state index is -0.0923. The normalized spacial score (nSPS) is 10.7. The molecule has 0 aliphatic rings. The van der Waals surface area contributed by atoms with Crippen molar-refractivity contribution in [3.8, 4) is 0 Å². The van der Waals surface area contributed by atoms with Crippen LogP contribution in [0.25, 0.3) is 0 Å². The maximum absolute atomic E-state index is 12.5. The second kappa shape index (κ2) is 7.02. The van der Waals surface area contributed by atoms with E-state index >= 15 is 0 Å². The third kappa shape index (κ3) is 3.65. The molecule has 2 heterocycles. The first-order valence-electron chi connectivity index (χ1n) is 7.12. The van der Waals surface area contributed by atoms with E-state index in [0.717, 1.165) is 33.4 Å². The van der Waals surface area contributed by atoms with Crippen LogP contribution in [0.5, 0.6) is 0 Å². The van der Waals surface area contributed by atoms with Gasteiger partial charge in [-0.1, -0.05) is 17.3 Å². The highest BCUT2D eigenvalue weighted by Gasteiger charge is 2.14.